The zero-order valence-electron chi connectivity index (χ0n) is 16.4. The van der Waals surface area contributed by atoms with Crippen LogP contribution in [0.3, 0.4) is 0 Å². The molecule has 0 aliphatic carbocycles. The average Bonchev–Trinajstić information content (AvgIpc) is 2.62. The van der Waals surface area contributed by atoms with Gasteiger partial charge in [-0.2, -0.15) is 0 Å². The lowest BCUT2D eigenvalue weighted by Gasteiger charge is -2.51. The number of urea groups is 1. The fraction of sp³-hybridized carbons (Fsp3) is 0.526. The fourth-order valence-electron chi connectivity index (χ4n) is 4.39. The molecule has 2 heterocycles. The summed E-state index contributed by atoms with van der Waals surface area (Å²) < 4.78 is 0. The van der Waals surface area contributed by atoms with Crippen molar-refractivity contribution in [2.75, 3.05) is 11.9 Å². The third-order valence-corrected chi connectivity index (χ3v) is 5.68. The Morgan fingerprint density at radius 3 is 2.57 bits per heavy atom. The van der Waals surface area contributed by atoms with E-state index in [0.717, 1.165) is 17.0 Å². The van der Waals surface area contributed by atoms with Crippen LogP contribution in [0.15, 0.2) is 18.2 Å². The van der Waals surface area contributed by atoms with Crippen LogP contribution in [0.2, 0.25) is 0 Å². The number of fused-ring (bicyclic) bond motifs is 1. The van der Waals surface area contributed by atoms with Gasteiger partial charge in [0.05, 0.1) is 11.0 Å². The first-order valence-electron chi connectivity index (χ1n) is 9.34. The van der Waals surface area contributed by atoms with E-state index in [1.807, 2.05) is 11.8 Å². The Morgan fingerprint density at radius 1 is 1.32 bits per heavy atom. The van der Waals surface area contributed by atoms with Crippen LogP contribution in [0, 0.1) is 15.5 Å². The molecule has 2 atom stereocenters. The lowest BCUT2D eigenvalue weighted by molar-refractivity contribution is -0.384. The van der Waals surface area contributed by atoms with Crippen molar-refractivity contribution in [3.63, 3.8) is 0 Å². The third-order valence-electron chi connectivity index (χ3n) is 5.68. The van der Waals surface area contributed by atoms with Crippen molar-refractivity contribution in [2.24, 2.45) is 5.41 Å². The van der Waals surface area contributed by atoms with Gasteiger partial charge in [-0.1, -0.05) is 13.3 Å². The molecule has 1 aromatic carbocycles. The molecule has 2 aliphatic rings. The fourth-order valence-corrected chi connectivity index (χ4v) is 4.39. The minimum absolute atomic E-state index is 0.0141. The van der Waals surface area contributed by atoms with Gasteiger partial charge < -0.3 is 4.90 Å². The SMILES string of the molecule is CCC[C@@H]1N(C)c2ccc([N+](=O)[O-])cc2C[C@]12C(=O)NC(=O)N(C(C)C)C2=O. The van der Waals surface area contributed by atoms with Crippen LogP contribution in [0.1, 0.15) is 39.2 Å². The molecule has 2 aliphatic heterocycles. The van der Waals surface area contributed by atoms with Crippen molar-refractivity contribution in [1.82, 2.24) is 10.2 Å². The molecule has 9 heteroatoms. The number of hydrogen-bond donors (Lipinski definition) is 1. The molecule has 1 fully saturated rings. The summed E-state index contributed by atoms with van der Waals surface area (Å²) in [5.41, 5.74) is -0.309. The normalized spacial score (nSPS) is 24.6. The van der Waals surface area contributed by atoms with Crippen LogP contribution in [0.5, 0.6) is 0 Å². The minimum Gasteiger partial charge on any atom is -0.370 e. The molecule has 1 N–H and O–H groups in total. The molecular formula is C19H24N4O5. The average molecular weight is 388 g/mol. The number of barbiturate groups is 1. The summed E-state index contributed by atoms with van der Waals surface area (Å²) >= 11 is 0. The largest absolute Gasteiger partial charge is 0.370 e. The quantitative estimate of drug-likeness (QED) is 0.481. The first-order valence-corrected chi connectivity index (χ1v) is 9.34. The van der Waals surface area contributed by atoms with Gasteiger partial charge in [-0.25, -0.2) is 4.79 Å². The number of carbonyl (C=O) groups is 3. The van der Waals surface area contributed by atoms with Crippen molar-refractivity contribution < 1.29 is 19.3 Å². The number of nitrogens with zero attached hydrogens (tertiary/aromatic N) is 3. The van der Waals surface area contributed by atoms with Crippen molar-refractivity contribution in [3.05, 3.63) is 33.9 Å². The smallest absolute Gasteiger partial charge is 0.331 e. The Kier molecular flexibility index (Phi) is 4.86. The lowest BCUT2D eigenvalue weighted by atomic mass is 9.67. The van der Waals surface area contributed by atoms with Gasteiger partial charge in [0.2, 0.25) is 11.8 Å². The summed E-state index contributed by atoms with van der Waals surface area (Å²) in [4.78, 5) is 52.5. The molecule has 1 spiro atoms. The first kappa shape index (κ1) is 19.8. The minimum atomic E-state index is -1.51. The summed E-state index contributed by atoms with van der Waals surface area (Å²) in [6.45, 7) is 5.38. The van der Waals surface area contributed by atoms with Crippen LogP contribution in [0.4, 0.5) is 16.2 Å². The molecule has 1 aromatic rings. The summed E-state index contributed by atoms with van der Waals surface area (Å²) in [5.74, 6) is -1.18. The van der Waals surface area contributed by atoms with E-state index in [0.29, 0.717) is 12.0 Å². The highest BCUT2D eigenvalue weighted by Gasteiger charge is 2.61. The van der Waals surface area contributed by atoms with Crippen LogP contribution >= 0.6 is 0 Å². The summed E-state index contributed by atoms with van der Waals surface area (Å²) in [7, 11) is 1.78. The molecule has 0 unspecified atom stereocenters. The van der Waals surface area contributed by atoms with Crippen molar-refractivity contribution in [3.8, 4) is 0 Å². The number of nitrogens with one attached hydrogen (secondary N) is 1. The maximum Gasteiger partial charge on any atom is 0.331 e. The van der Waals surface area contributed by atoms with Gasteiger partial charge in [-0.15, -0.1) is 0 Å². The molecular weight excluding hydrogens is 364 g/mol. The lowest BCUT2D eigenvalue weighted by Crippen LogP contribution is -2.72. The molecule has 0 radical (unpaired) electrons. The van der Waals surface area contributed by atoms with Gasteiger partial charge in [-0.3, -0.25) is 29.9 Å². The topological polar surface area (TPSA) is 113 Å². The number of benzene rings is 1. The van der Waals surface area contributed by atoms with Crippen molar-refractivity contribution in [2.45, 2.75) is 52.1 Å². The van der Waals surface area contributed by atoms with Gasteiger partial charge >= 0.3 is 6.03 Å². The molecule has 0 aromatic heterocycles. The predicted molar refractivity (Wildman–Crippen MR) is 102 cm³/mol. The van der Waals surface area contributed by atoms with E-state index in [4.69, 9.17) is 0 Å². The van der Waals surface area contributed by atoms with Crippen LogP contribution in [-0.2, 0) is 16.0 Å². The number of non-ortho nitro benzene ring substituents is 1. The molecule has 0 bridgehead atoms. The molecule has 28 heavy (non-hydrogen) atoms. The Balaban J connectivity index is 2.20. The second-order valence-corrected chi connectivity index (χ2v) is 7.66. The molecule has 4 amide bonds. The maximum absolute atomic E-state index is 13.5. The number of nitro groups is 1. The molecule has 9 nitrogen and oxygen atoms in total. The summed E-state index contributed by atoms with van der Waals surface area (Å²) in [6.07, 6.45) is 1.31. The third kappa shape index (κ3) is 2.73. The van der Waals surface area contributed by atoms with Crippen LogP contribution in [-0.4, -0.2) is 46.8 Å². The number of imide groups is 2. The maximum atomic E-state index is 13.5. The predicted octanol–water partition coefficient (Wildman–Crippen LogP) is 2.23. The van der Waals surface area contributed by atoms with Crippen LogP contribution < -0.4 is 10.2 Å². The number of hydrogen-bond acceptors (Lipinski definition) is 6. The summed E-state index contributed by atoms with van der Waals surface area (Å²) in [5, 5.41) is 13.6. The van der Waals surface area contributed by atoms with Gasteiger partial charge in [-0.05, 0) is 31.9 Å². The molecule has 3 rings (SSSR count). The zero-order chi connectivity index (χ0) is 20.8. The highest BCUT2D eigenvalue weighted by Crippen LogP contribution is 2.46. The van der Waals surface area contributed by atoms with E-state index in [9.17, 15) is 24.5 Å². The second-order valence-electron chi connectivity index (χ2n) is 7.66. The Hall–Kier alpha value is -2.97. The van der Waals surface area contributed by atoms with E-state index < -0.39 is 40.3 Å². The number of anilines is 1. The summed E-state index contributed by atoms with van der Waals surface area (Å²) in [6, 6.07) is 2.87. The first-order chi connectivity index (χ1) is 13.1. The standard InChI is InChI=1S/C19H24N4O5/c1-5-6-15-19(16(24)20-18(26)22(11(2)3)17(19)25)10-12-9-13(23(27)28)7-8-14(12)21(15)4/h7-9,11,15H,5-6,10H2,1-4H3,(H,20,24,26)/t15-,19+/m0/s1. The number of nitro benzene ring substituents is 1. The highest BCUT2D eigenvalue weighted by atomic mass is 16.6. The molecule has 0 saturated carbocycles. The Labute approximate surface area is 162 Å². The van der Waals surface area contributed by atoms with E-state index in [1.54, 1.807) is 27.0 Å². The molecule has 1 saturated heterocycles. The van der Waals surface area contributed by atoms with E-state index in [2.05, 4.69) is 5.32 Å². The van der Waals surface area contributed by atoms with Gasteiger partial charge in [0.15, 0.2) is 5.41 Å². The van der Waals surface area contributed by atoms with E-state index >= 15 is 0 Å². The van der Waals surface area contributed by atoms with Crippen molar-refractivity contribution in [1.29, 1.82) is 0 Å². The molecule has 150 valence electrons. The Morgan fingerprint density at radius 2 is 2.00 bits per heavy atom. The van der Waals surface area contributed by atoms with Gasteiger partial charge in [0, 0.05) is 37.3 Å². The van der Waals surface area contributed by atoms with E-state index in [-0.39, 0.29) is 12.1 Å². The number of carbonyl (C=O) groups excluding carboxylic acids is 3. The van der Waals surface area contributed by atoms with Gasteiger partial charge in [0.1, 0.15) is 0 Å². The van der Waals surface area contributed by atoms with Crippen molar-refractivity contribution >= 4 is 29.2 Å². The number of amides is 4. The zero-order valence-corrected chi connectivity index (χ0v) is 16.4. The van der Waals surface area contributed by atoms with Crippen LogP contribution in [0.25, 0.3) is 0 Å². The monoisotopic (exact) mass is 388 g/mol. The Bertz CT molecular complexity index is 868. The second kappa shape index (κ2) is 6.88. The van der Waals surface area contributed by atoms with Gasteiger partial charge in [0.25, 0.3) is 5.69 Å². The number of rotatable bonds is 4. The van der Waals surface area contributed by atoms with E-state index in [1.165, 1.54) is 12.1 Å². The highest BCUT2D eigenvalue weighted by molar-refractivity contribution is 6.20.